The minimum absolute atomic E-state index is 0.189. The summed E-state index contributed by atoms with van der Waals surface area (Å²) in [5, 5.41) is 3.44. The Morgan fingerprint density at radius 3 is 2.47 bits per heavy atom. The van der Waals surface area contributed by atoms with Gasteiger partial charge in [-0.05, 0) is 48.7 Å². The molecule has 2 aromatic carbocycles. The van der Waals surface area contributed by atoms with E-state index in [1.54, 1.807) is 0 Å². The summed E-state index contributed by atoms with van der Waals surface area (Å²) in [6.45, 7) is 4.93. The van der Waals surface area contributed by atoms with Crippen molar-refractivity contribution in [1.82, 2.24) is 5.32 Å². The average Bonchev–Trinajstić information content (AvgIpc) is 2.38. The van der Waals surface area contributed by atoms with Crippen LogP contribution in [0.3, 0.4) is 0 Å². The zero-order valence-electron chi connectivity index (χ0n) is 11.1. The first-order chi connectivity index (χ1) is 9.06. The fraction of sp³-hybridized carbons (Fsp3) is 0.250. The van der Waals surface area contributed by atoms with Gasteiger partial charge in [-0.15, -0.1) is 0 Å². The summed E-state index contributed by atoms with van der Waals surface area (Å²) < 4.78 is 14.0. The van der Waals surface area contributed by atoms with Gasteiger partial charge in [0.05, 0.1) is 0 Å². The Morgan fingerprint density at radius 2 is 1.84 bits per heavy atom. The molecule has 0 fully saturated rings. The van der Waals surface area contributed by atoms with Crippen LogP contribution in [0.1, 0.15) is 29.7 Å². The van der Waals surface area contributed by atoms with Gasteiger partial charge in [0, 0.05) is 17.1 Å². The maximum absolute atomic E-state index is 12.9. The van der Waals surface area contributed by atoms with E-state index in [1.807, 2.05) is 12.1 Å². The van der Waals surface area contributed by atoms with Crippen LogP contribution >= 0.6 is 15.9 Å². The summed E-state index contributed by atoms with van der Waals surface area (Å²) in [7, 11) is 0. The molecule has 100 valence electrons. The number of nitrogens with one attached hydrogen (secondary N) is 1. The Hall–Kier alpha value is -1.19. The van der Waals surface area contributed by atoms with Crippen molar-refractivity contribution in [2.75, 3.05) is 0 Å². The molecule has 0 aliphatic heterocycles. The van der Waals surface area contributed by atoms with Crippen molar-refractivity contribution < 1.29 is 4.39 Å². The fourth-order valence-electron chi connectivity index (χ4n) is 1.93. The van der Waals surface area contributed by atoms with Crippen LogP contribution in [0.15, 0.2) is 46.9 Å². The lowest BCUT2D eigenvalue weighted by molar-refractivity contribution is 0.570. The molecule has 2 aromatic rings. The van der Waals surface area contributed by atoms with E-state index in [0.29, 0.717) is 0 Å². The van der Waals surface area contributed by atoms with Crippen LogP contribution in [-0.4, -0.2) is 0 Å². The first kappa shape index (κ1) is 14.2. The van der Waals surface area contributed by atoms with Crippen molar-refractivity contribution in [3.05, 3.63) is 69.4 Å². The molecule has 0 amide bonds. The summed E-state index contributed by atoms with van der Waals surface area (Å²) in [4.78, 5) is 0. The van der Waals surface area contributed by atoms with E-state index in [9.17, 15) is 4.39 Å². The first-order valence-electron chi connectivity index (χ1n) is 6.30. The lowest BCUT2D eigenvalue weighted by Gasteiger charge is -2.15. The number of benzene rings is 2. The summed E-state index contributed by atoms with van der Waals surface area (Å²) >= 11 is 3.57. The zero-order valence-corrected chi connectivity index (χ0v) is 12.7. The van der Waals surface area contributed by atoms with Gasteiger partial charge in [0.2, 0.25) is 0 Å². The maximum atomic E-state index is 12.9. The summed E-state index contributed by atoms with van der Waals surface area (Å²) in [6.07, 6.45) is 0. The highest BCUT2D eigenvalue weighted by atomic mass is 79.9. The van der Waals surface area contributed by atoms with Crippen LogP contribution in [0.2, 0.25) is 0 Å². The second-order valence-electron chi connectivity index (χ2n) is 4.75. The molecular weight excluding hydrogens is 305 g/mol. The highest BCUT2D eigenvalue weighted by molar-refractivity contribution is 9.10. The Bertz CT molecular complexity index is 551. The van der Waals surface area contributed by atoms with E-state index in [1.165, 1.54) is 23.3 Å². The zero-order chi connectivity index (χ0) is 13.8. The number of rotatable bonds is 4. The van der Waals surface area contributed by atoms with Gasteiger partial charge in [-0.3, -0.25) is 0 Å². The topological polar surface area (TPSA) is 12.0 Å². The molecule has 0 aromatic heterocycles. The van der Waals surface area contributed by atoms with Crippen LogP contribution in [0.4, 0.5) is 4.39 Å². The number of hydrogen-bond donors (Lipinski definition) is 1. The predicted molar refractivity (Wildman–Crippen MR) is 80.5 cm³/mol. The van der Waals surface area contributed by atoms with Gasteiger partial charge in [0.15, 0.2) is 0 Å². The van der Waals surface area contributed by atoms with Crippen LogP contribution in [0.5, 0.6) is 0 Å². The highest BCUT2D eigenvalue weighted by Crippen LogP contribution is 2.20. The quantitative estimate of drug-likeness (QED) is 0.857. The second-order valence-corrected chi connectivity index (χ2v) is 5.60. The third kappa shape index (κ3) is 3.88. The van der Waals surface area contributed by atoms with E-state index >= 15 is 0 Å². The molecule has 0 aliphatic rings. The van der Waals surface area contributed by atoms with Gasteiger partial charge in [0.1, 0.15) is 5.82 Å². The van der Waals surface area contributed by atoms with Crippen LogP contribution in [0, 0.1) is 12.7 Å². The molecule has 0 heterocycles. The van der Waals surface area contributed by atoms with Crippen molar-refractivity contribution >= 4 is 15.9 Å². The molecule has 0 saturated carbocycles. The van der Waals surface area contributed by atoms with Crippen molar-refractivity contribution in [2.24, 2.45) is 0 Å². The van der Waals surface area contributed by atoms with Crippen molar-refractivity contribution in [1.29, 1.82) is 0 Å². The Balaban J connectivity index is 2.00. The smallest absolute Gasteiger partial charge is 0.123 e. The molecule has 1 unspecified atom stereocenters. The van der Waals surface area contributed by atoms with E-state index in [0.717, 1.165) is 16.6 Å². The minimum atomic E-state index is -0.197. The third-order valence-electron chi connectivity index (χ3n) is 3.18. The molecule has 3 heteroatoms. The van der Waals surface area contributed by atoms with Gasteiger partial charge in [0.25, 0.3) is 0 Å². The summed E-state index contributed by atoms with van der Waals surface area (Å²) in [5.74, 6) is -0.197. The lowest BCUT2D eigenvalue weighted by atomic mass is 10.1. The van der Waals surface area contributed by atoms with Crippen LogP contribution in [0.25, 0.3) is 0 Å². The van der Waals surface area contributed by atoms with Gasteiger partial charge in [-0.1, -0.05) is 40.2 Å². The monoisotopic (exact) mass is 321 g/mol. The van der Waals surface area contributed by atoms with Crippen LogP contribution < -0.4 is 5.32 Å². The first-order valence-corrected chi connectivity index (χ1v) is 7.09. The number of aryl methyl sites for hydroxylation is 1. The fourth-order valence-corrected chi connectivity index (χ4v) is 2.56. The van der Waals surface area contributed by atoms with Crippen molar-refractivity contribution in [3.8, 4) is 0 Å². The third-order valence-corrected chi connectivity index (χ3v) is 3.92. The number of hydrogen-bond acceptors (Lipinski definition) is 1. The molecule has 0 bridgehead atoms. The Morgan fingerprint density at radius 1 is 1.16 bits per heavy atom. The highest BCUT2D eigenvalue weighted by Gasteiger charge is 2.06. The number of halogens is 2. The average molecular weight is 322 g/mol. The lowest BCUT2D eigenvalue weighted by Crippen LogP contribution is -2.18. The molecule has 0 saturated heterocycles. The summed E-state index contributed by atoms with van der Waals surface area (Å²) in [6, 6.07) is 13.1. The van der Waals surface area contributed by atoms with Crippen LogP contribution in [-0.2, 0) is 6.54 Å². The minimum Gasteiger partial charge on any atom is -0.306 e. The normalized spacial score (nSPS) is 12.4. The molecule has 19 heavy (non-hydrogen) atoms. The predicted octanol–water partition coefficient (Wildman–Crippen LogP) is 4.75. The molecule has 1 atom stereocenters. The van der Waals surface area contributed by atoms with Crippen molar-refractivity contribution in [2.45, 2.75) is 26.4 Å². The molecule has 0 aliphatic carbocycles. The Labute approximate surface area is 122 Å². The molecule has 1 N–H and O–H groups in total. The van der Waals surface area contributed by atoms with E-state index in [2.05, 4.69) is 53.3 Å². The van der Waals surface area contributed by atoms with E-state index in [4.69, 9.17) is 0 Å². The van der Waals surface area contributed by atoms with Gasteiger partial charge >= 0.3 is 0 Å². The molecule has 1 nitrogen and oxygen atoms in total. The van der Waals surface area contributed by atoms with Crippen molar-refractivity contribution in [3.63, 3.8) is 0 Å². The maximum Gasteiger partial charge on any atom is 0.123 e. The SMILES string of the molecule is Cc1ccc(CNC(C)c2ccc(F)cc2)c(Br)c1. The largest absolute Gasteiger partial charge is 0.306 e. The molecule has 0 spiro atoms. The Kier molecular flexibility index (Phi) is 4.72. The van der Waals surface area contributed by atoms with Gasteiger partial charge in [-0.25, -0.2) is 4.39 Å². The molecule has 2 rings (SSSR count). The molecular formula is C16H17BrFN. The second kappa shape index (κ2) is 6.31. The van der Waals surface area contributed by atoms with Gasteiger partial charge < -0.3 is 5.32 Å². The molecule has 0 radical (unpaired) electrons. The van der Waals surface area contributed by atoms with E-state index < -0.39 is 0 Å². The standard InChI is InChI=1S/C16H17BrFN/c1-11-3-4-14(16(17)9-11)10-19-12(2)13-5-7-15(18)8-6-13/h3-9,12,19H,10H2,1-2H3. The van der Waals surface area contributed by atoms with Gasteiger partial charge in [-0.2, -0.15) is 0 Å². The summed E-state index contributed by atoms with van der Waals surface area (Å²) in [5.41, 5.74) is 3.55. The van der Waals surface area contributed by atoms with E-state index in [-0.39, 0.29) is 11.9 Å².